The van der Waals surface area contributed by atoms with Crippen molar-refractivity contribution in [2.24, 2.45) is 4.99 Å². The van der Waals surface area contributed by atoms with Crippen LogP contribution in [-0.2, 0) is 6.54 Å². The molecule has 0 atom stereocenters. The number of pyridine rings is 1. The molecule has 4 rings (SSSR count). The minimum atomic E-state index is -0.682. The first-order valence-electron chi connectivity index (χ1n) is 8.47. The topological polar surface area (TPSA) is 68.7 Å². The van der Waals surface area contributed by atoms with E-state index in [9.17, 15) is 14.0 Å². The van der Waals surface area contributed by atoms with Crippen LogP contribution in [0.5, 0.6) is 0 Å². The Morgan fingerprint density at radius 2 is 2.07 bits per heavy atom. The quantitative estimate of drug-likeness (QED) is 0.537. The van der Waals surface area contributed by atoms with Gasteiger partial charge in [0.1, 0.15) is 17.0 Å². The van der Waals surface area contributed by atoms with Crippen molar-refractivity contribution in [3.63, 3.8) is 0 Å². The lowest BCUT2D eigenvalue weighted by atomic mass is 10.2. The van der Waals surface area contributed by atoms with Crippen molar-refractivity contribution in [1.29, 1.82) is 0 Å². The number of halogens is 1. The van der Waals surface area contributed by atoms with E-state index in [-0.39, 0.29) is 17.9 Å². The Kier molecular flexibility index (Phi) is 4.70. The Balaban J connectivity index is 1.73. The lowest BCUT2D eigenvalue weighted by molar-refractivity contribution is 0.0996. The van der Waals surface area contributed by atoms with Gasteiger partial charge in [-0.1, -0.05) is 24.3 Å². The SMILES string of the molecule is Cc1ccc2ncc(C(=O)N=c3sccn3Cc3ccccc3F)c(=O)n2c1. The monoisotopic (exact) mass is 394 g/mol. The van der Waals surface area contributed by atoms with Crippen molar-refractivity contribution in [2.75, 3.05) is 0 Å². The maximum atomic E-state index is 13.9. The van der Waals surface area contributed by atoms with Gasteiger partial charge in [-0.05, 0) is 24.6 Å². The number of nitrogens with zero attached hydrogens (tertiary/aromatic N) is 4. The maximum absolute atomic E-state index is 13.9. The number of aryl methyl sites for hydroxylation is 1. The van der Waals surface area contributed by atoms with Gasteiger partial charge in [-0.3, -0.25) is 14.0 Å². The van der Waals surface area contributed by atoms with E-state index in [2.05, 4.69) is 9.98 Å². The summed E-state index contributed by atoms with van der Waals surface area (Å²) in [6.07, 6.45) is 4.59. The average molecular weight is 394 g/mol. The van der Waals surface area contributed by atoms with Gasteiger partial charge in [0.25, 0.3) is 11.5 Å². The van der Waals surface area contributed by atoms with Crippen molar-refractivity contribution >= 4 is 22.9 Å². The normalized spacial score (nSPS) is 11.9. The molecule has 0 fully saturated rings. The summed E-state index contributed by atoms with van der Waals surface area (Å²) >= 11 is 1.23. The van der Waals surface area contributed by atoms with Gasteiger partial charge < -0.3 is 4.57 Å². The highest BCUT2D eigenvalue weighted by atomic mass is 32.1. The summed E-state index contributed by atoms with van der Waals surface area (Å²) in [5.74, 6) is -1.01. The first-order valence-corrected chi connectivity index (χ1v) is 9.35. The van der Waals surface area contributed by atoms with Crippen molar-refractivity contribution in [3.05, 3.63) is 98.0 Å². The summed E-state index contributed by atoms with van der Waals surface area (Å²) in [6.45, 7) is 2.08. The summed E-state index contributed by atoms with van der Waals surface area (Å²) < 4.78 is 16.9. The third-order valence-corrected chi connectivity index (χ3v) is 5.03. The largest absolute Gasteiger partial charge is 0.319 e. The highest BCUT2D eigenvalue weighted by Crippen LogP contribution is 2.08. The molecular weight excluding hydrogens is 379 g/mol. The van der Waals surface area contributed by atoms with Crippen molar-refractivity contribution in [3.8, 4) is 0 Å². The molecule has 0 saturated carbocycles. The molecule has 0 aliphatic rings. The molecule has 0 aliphatic heterocycles. The van der Waals surface area contributed by atoms with Crippen LogP contribution < -0.4 is 10.4 Å². The predicted molar refractivity (Wildman–Crippen MR) is 104 cm³/mol. The molecule has 0 unspecified atom stereocenters. The van der Waals surface area contributed by atoms with Crippen LogP contribution >= 0.6 is 11.3 Å². The van der Waals surface area contributed by atoms with Crippen LogP contribution in [0, 0.1) is 12.7 Å². The van der Waals surface area contributed by atoms with Crippen molar-refractivity contribution in [1.82, 2.24) is 14.0 Å². The van der Waals surface area contributed by atoms with E-state index in [0.717, 1.165) is 5.56 Å². The molecule has 8 heteroatoms. The van der Waals surface area contributed by atoms with E-state index in [1.807, 2.05) is 13.0 Å². The molecule has 6 nitrogen and oxygen atoms in total. The molecule has 0 N–H and O–H groups in total. The number of hydrogen-bond donors (Lipinski definition) is 0. The number of aromatic nitrogens is 3. The third kappa shape index (κ3) is 3.41. The Bertz CT molecular complexity index is 1320. The van der Waals surface area contributed by atoms with Crippen LogP contribution in [0.15, 0.2) is 70.2 Å². The van der Waals surface area contributed by atoms with E-state index in [1.165, 1.54) is 28.0 Å². The lowest BCUT2D eigenvalue weighted by Gasteiger charge is -2.05. The smallest absolute Gasteiger partial charge is 0.286 e. The highest BCUT2D eigenvalue weighted by molar-refractivity contribution is 7.07. The maximum Gasteiger partial charge on any atom is 0.286 e. The van der Waals surface area contributed by atoms with E-state index >= 15 is 0 Å². The average Bonchev–Trinajstić information content (AvgIpc) is 3.11. The zero-order chi connectivity index (χ0) is 19.7. The van der Waals surface area contributed by atoms with Gasteiger partial charge in [0.2, 0.25) is 0 Å². The Hall–Kier alpha value is -3.39. The summed E-state index contributed by atoms with van der Waals surface area (Å²) in [7, 11) is 0. The second kappa shape index (κ2) is 7.32. The molecule has 1 amide bonds. The predicted octanol–water partition coefficient (Wildman–Crippen LogP) is 2.79. The van der Waals surface area contributed by atoms with E-state index in [1.54, 1.807) is 46.6 Å². The summed E-state index contributed by atoms with van der Waals surface area (Å²) in [5, 5.41) is 1.75. The Morgan fingerprint density at radius 1 is 1.25 bits per heavy atom. The molecule has 0 radical (unpaired) electrons. The number of thiazole rings is 1. The number of amides is 1. The van der Waals surface area contributed by atoms with Crippen LogP contribution in [-0.4, -0.2) is 19.9 Å². The number of carbonyl (C=O) groups excluding carboxylic acids is 1. The number of rotatable bonds is 3. The molecule has 1 aromatic carbocycles. The Morgan fingerprint density at radius 3 is 2.89 bits per heavy atom. The van der Waals surface area contributed by atoms with Gasteiger partial charge in [0.05, 0.1) is 6.54 Å². The molecule has 28 heavy (non-hydrogen) atoms. The van der Waals surface area contributed by atoms with Crippen molar-refractivity contribution in [2.45, 2.75) is 13.5 Å². The fraction of sp³-hybridized carbons (Fsp3) is 0.100. The lowest BCUT2D eigenvalue weighted by Crippen LogP contribution is -2.24. The second-order valence-corrected chi connectivity index (χ2v) is 7.11. The Labute approximate surface area is 162 Å². The standard InChI is InChI=1S/C20H15FN4O2S/c1-13-6-7-17-22-10-15(19(27)25(17)11-13)18(26)23-20-24(8-9-28-20)12-14-4-2-3-5-16(14)21/h2-11H,12H2,1H3. The minimum Gasteiger partial charge on any atom is -0.319 e. The van der Waals surface area contributed by atoms with Gasteiger partial charge in [-0.25, -0.2) is 9.37 Å². The molecule has 3 aromatic heterocycles. The van der Waals surface area contributed by atoms with Gasteiger partial charge >= 0.3 is 0 Å². The zero-order valence-corrected chi connectivity index (χ0v) is 15.7. The summed E-state index contributed by atoms with van der Waals surface area (Å²) in [5.41, 5.74) is 1.23. The van der Waals surface area contributed by atoms with Crippen molar-refractivity contribution < 1.29 is 9.18 Å². The van der Waals surface area contributed by atoms with E-state index in [4.69, 9.17) is 0 Å². The molecule has 0 bridgehead atoms. The molecule has 140 valence electrons. The zero-order valence-electron chi connectivity index (χ0n) is 14.9. The van der Waals surface area contributed by atoms with Crippen LogP contribution in [0.1, 0.15) is 21.5 Å². The van der Waals surface area contributed by atoms with Crippen LogP contribution in [0.2, 0.25) is 0 Å². The first kappa shape index (κ1) is 18.0. The van der Waals surface area contributed by atoms with Crippen LogP contribution in [0.4, 0.5) is 4.39 Å². The second-order valence-electron chi connectivity index (χ2n) is 6.23. The highest BCUT2D eigenvalue weighted by Gasteiger charge is 2.13. The van der Waals surface area contributed by atoms with Crippen LogP contribution in [0.3, 0.4) is 0 Å². The molecule has 0 spiro atoms. The number of hydrogen-bond acceptors (Lipinski definition) is 4. The van der Waals surface area contributed by atoms with Gasteiger partial charge in [-0.2, -0.15) is 4.99 Å². The molecular formula is C20H15FN4O2S. The third-order valence-electron chi connectivity index (χ3n) is 4.24. The first-order chi connectivity index (χ1) is 13.5. The van der Waals surface area contributed by atoms with E-state index in [0.29, 0.717) is 16.0 Å². The van der Waals surface area contributed by atoms with Crippen LogP contribution in [0.25, 0.3) is 5.65 Å². The molecule has 3 heterocycles. The fourth-order valence-electron chi connectivity index (χ4n) is 2.79. The van der Waals surface area contributed by atoms with E-state index < -0.39 is 11.5 Å². The van der Waals surface area contributed by atoms with Gasteiger partial charge in [0, 0.05) is 29.5 Å². The van der Waals surface area contributed by atoms with Gasteiger partial charge in [-0.15, -0.1) is 11.3 Å². The number of fused-ring (bicyclic) bond motifs is 1. The minimum absolute atomic E-state index is 0.117. The molecule has 4 aromatic rings. The fourth-order valence-corrected chi connectivity index (χ4v) is 3.52. The molecule has 0 saturated heterocycles. The summed E-state index contributed by atoms with van der Waals surface area (Å²) in [4.78, 5) is 33.9. The number of benzene rings is 1. The number of carbonyl (C=O) groups is 1. The van der Waals surface area contributed by atoms with Gasteiger partial charge in [0.15, 0.2) is 4.80 Å². The molecule has 0 aliphatic carbocycles. The summed E-state index contributed by atoms with van der Waals surface area (Å²) in [6, 6.07) is 9.97.